The first kappa shape index (κ1) is 41.7. The van der Waals surface area contributed by atoms with Gasteiger partial charge >= 0.3 is 0 Å². The Kier molecular flexibility index (Phi) is 58.2. The topological polar surface area (TPSA) is 0 Å². The molecule has 204 valence electrons. The normalized spacial score (nSPS) is 10.4. The molecule has 0 heterocycles. The molecule has 0 aromatic carbocycles. The van der Waals surface area contributed by atoms with Crippen molar-refractivity contribution in [2.75, 3.05) is 90.7 Å². The SMILES string of the molecule is SCCCSCCCSCCCS.SCCSCCCSCCS.SCSCCCSCS. The van der Waals surface area contributed by atoms with E-state index in [1.165, 1.54) is 89.6 Å². The van der Waals surface area contributed by atoms with E-state index in [1.54, 1.807) is 0 Å². The highest BCUT2D eigenvalue weighted by molar-refractivity contribution is 8.10. The Morgan fingerprint density at radius 2 is 0.545 bits per heavy atom. The van der Waals surface area contributed by atoms with Crippen LogP contribution >= 0.6 is 146 Å². The molecular weight excluding hydrogens is 637 g/mol. The molecule has 0 unspecified atom stereocenters. The Balaban J connectivity index is -0.000000416. The van der Waals surface area contributed by atoms with Gasteiger partial charge < -0.3 is 0 Å². The van der Waals surface area contributed by atoms with Crippen molar-refractivity contribution in [1.29, 1.82) is 0 Å². The molecule has 0 fully saturated rings. The summed E-state index contributed by atoms with van der Waals surface area (Å²) in [7, 11) is 0. The number of hydrogen-bond donors (Lipinski definition) is 6. The van der Waals surface area contributed by atoms with E-state index in [9.17, 15) is 0 Å². The fraction of sp³-hybridized carbons (Fsp3) is 1.00. The first-order chi connectivity index (χ1) is 16.2. The van der Waals surface area contributed by atoms with Crippen molar-refractivity contribution >= 4 is 146 Å². The number of hydrogen-bond acceptors (Lipinski definition) is 12. The minimum Gasteiger partial charge on any atom is -0.179 e. The van der Waals surface area contributed by atoms with E-state index in [4.69, 9.17) is 0 Å². The number of thiol groups is 6. The highest BCUT2D eigenvalue weighted by Gasteiger charge is 1.91. The third kappa shape index (κ3) is 53.2. The fourth-order valence-electron chi connectivity index (χ4n) is 1.79. The molecule has 0 aromatic heterocycles. The zero-order valence-corrected chi connectivity index (χ0v) is 30.2. The minimum atomic E-state index is 0.950. The molecule has 0 aliphatic carbocycles. The third-order valence-corrected chi connectivity index (χ3v) is 12.0. The van der Waals surface area contributed by atoms with Gasteiger partial charge in [0.1, 0.15) is 0 Å². The second-order valence-corrected chi connectivity index (χ2v) is 16.6. The molecule has 0 bridgehead atoms. The van der Waals surface area contributed by atoms with E-state index in [0.717, 1.165) is 33.2 Å². The van der Waals surface area contributed by atoms with Crippen LogP contribution in [0.25, 0.3) is 0 Å². The Morgan fingerprint density at radius 3 is 0.818 bits per heavy atom. The molecule has 0 atom stereocenters. The van der Waals surface area contributed by atoms with Crippen molar-refractivity contribution in [3.63, 3.8) is 0 Å². The van der Waals surface area contributed by atoms with Gasteiger partial charge in [0.25, 0.3) is 0 Å². The Hall–Kier alpha value is 4.20. The van der Waals surface area contributed by atoms with Gasteiger partial charge in [-0.15, -0.1) is 0 Å². The van der Waals surface area contributed by atoms with Crippen LogP contribution < -0.4 is 0 Å². The Morgan fingerprint density at radius 1 is 0.273 bits per heavy atom. The smallest absolute Gasteiger partial charge is 0.0361 e. The maximum atomic E-state index is 4.18. The summed E-state index contributed by atoms with van der Waals surface area (Å²) in [5.41, 5.74) is 0. The summed E-state index contributed by atoms with van der Waals surface area (Å²) < 4.78 is 0. The molecule has 0 aromatic rings. The van der Waals surface area contributed by atoms with Crippen molar-refractivity contribution in [2.24, 2.45) is 0 Å². The summed E-state index contributed by atoms with van der Waals surface area (Å²) >= 11 is 36.7. The van der Waals surface area contributed by atoms with Crippen molar-refractivity contribution in [3.8, 4) is 0 Å². The van der Waals surface area contributed by atoms with Crippen LogP contribution in [0.15, 0.2) is 0 Å². The lowest BCUT2D eigenvalue weighted by Gasteiger charge is -2.00. The van der Waals surface area contributed by atoms with Crippen LogP contribution in [0.1, 0.15) is 32.1 Å². The van der Waals surface area contributed by atoms with Crippen molar-refractivity contribution < 1.29 is 0 Å². The van der Waals surface area contributed by atoms with Crippen LogP contribution in [0.3, 0.4) is 0 Å². The van der Waals surface area contributed by atoms with E-state index >= 15 is 0 Å². The maximum absolute atomic E-state index is 4.18. The number of thioether (sulfide) groups is 6. The molecule has 0 nitrogen and oxygen atoms in total. The molecular formula is C21H48S12. The van der Waals surface area contributed by atoms with E-state index in [-0.39, 0.29) is 0 Å². The lowest BCUT2D eigenvalue weighted by atomic mass is 10.6. The van der Waals surface area contributed by atoms with Gasteiger partial charge in [-0.25, -0.2) is 0 Å². The Bertz CT molecular complexity index is 264. The molecule has 0 aliphatic rings. The van der Waals surface area contributed by atoms with Gasteiger partial charge in [-0.05, 0) is 101 Å². The zero-order valence-electron chi connectivity index (χ0n) is 20.0. The molecule has 0 radical (unpaired) electrons. The lowest BCUT2D eigenvalue weighted by molar-refractivity contribution is 1.08. The van der Waals surface area contributed by atoms with E-state index in [1.807, 2.05) is 47.0 Å². The van der Waals surface area contributed by atoms with Crippen LogP contribution in [0.4, 0.5) is 0 Å². The summed E-state index contributed by atoms with van der Waals surface area (Å²) in [6.07, 6.45) is 6.48. The lowest BCUT2D eigenvalue weighted by Crippen LogP contribution is -1.89. The van der Waals surface area contributed by atoms with Crippen LogP contribution in [-0.4, -0.2) is 90.7 Å². The second kappa shape index (κ2) is 46.1. The summed E-state index contributed by atoms with van der Waals surface area (Å²) in [4.78, 5) is 0. The minimum absolute atomic E-state index is 0.950. The molecule has 0 saturated heterocycles. The average molecular weight is 685 g/mol. The van der Waals surface area contributed by atoms with Gasteiger partial charge in [0, 0.05) is 21.7 Å². The van der Waals surface area contributed by atoms with Crippen LogP contribution in [0.5, 0.6) is 0 Å². The van der Waals surface area contributed by atoms with Crippen LogP contribution in [0, 0.1) is 0 Å². The van der Waals surface area contributed by atoms with Crippen molar-refractivity contribution in [2.45, 2.75) is 32.1 Å². The van der Waals surface area contributed by atoms with Crippen LogP contribution in [0.2, 0.25) is 0 Å². The standard InChI is InChI=1S/C9H20S4.C7H16S4.C5H12S4/c10-4-1-6-12-8-3-9-13-7-2-5-11;8-2-6-10-4-1-5-11-7-3-9;6-4-8-2-1-3-9-5-7/h10-11H,1-9H2;8-9H,1-7H2;6-7H,1-5H2. The van der Waals surface area contributed by atoms with Gasteiger partial charge in [-0.3, -0.25) is 0 Å². The van der Waals surface area contributed by atoms with Crippen LogP contribution in [-0.2, 0) is 0 Å². The number of rotatable bonds is 24. The Labute approximate surface area is 266 Å². The van der Waals surface area contributed by atoms with Crippen molar-refractivity contribution in [1.82, 2.24) is 0 Å². The van der Waals surface area contributed by atoms with Gasteiger partial charge in [-0.1, -0.05) is 0 Å². The summed E-state index contributed by atoms with van der Waals surface area (Å²) in [6.45, 7) is 0. The third-order valence-electron chi connectivity index (χ3n) is 3.28. The zero-order chi connectivity index (χ0) is 25.1. The van der Waals surface area contributed by atoms with Gasteiger partial charge in [-0.2, -0.15) is 146 Å². The molecule has 12 heteroatoms. The highest BCUT2D eigenvalue weighted by atomic mass is 32.2. The van der Waals surface area contributed by atoms with E-state index in [0.29, 0.717) is 0 Å². The quantitative estimate of drug-likeness (QED) is 0.0339. The molecule has 0 N–H and O–H groups in total. The molecule has 0 aliphatic heterocycles. The predicted octanol–water partition coefficient (Wildman–Crippen LogP) is 8.80. The predicted molar refractivity (Wildman–Crippen MR) is 200 cm³/mol. The second-order valence-electron chi connectivity index (χ2n) is 6.19. The molecule has 0 amide bonds. The first-order valence-electron chi connectivity index (χ1n) is 11.4. The molecule has 0 saturated carbocycles. The fourth-order valence-corrected chi connectivity index (χ4v) is 8.75. The average Bonchev–Trinajstić information content (AvgIpc) is 2.83. The maximum Gasteiger partial charge on any atom is 0.0361 e. The molecule has 0 spiro atoms. The van der Waals surface area contributed by atoms with Gasteiger partial charge in [0.05, 0.1) is 0 Å². The molecule has 33 heavy (non-hydrogen) atoms. The summed E-state index contributed by atoms with van der Waals surface area (Å²) in [6, 6.07) is 0. The van der Waals surface area contributed by atoms with Gasteiger partial charge in [0.2, 0.25) is 0 Å². The van der Waals surface area contributed by atoms with E-state index < -0.39 is 0 Å². The van der Waals surface area contributed by atoms with E-state index in [2.05, 4.69) is 99.3 Å². The largest absolute Gasteiger partial charge is 0.179 e. The van der Waals surface area contributed by atoms with Gasteiger partial charge in [0.15, 0.2) is 0 Å². The summed E-state index contributed by atoms with van der Waals surface area (Å²) in [5, 5.41) is 1.90. The first-order valence-corrected chi connectivity index (χ1v) is 22.1. The molecule has 0 rings (SSSR count). The summed E-state index contributed by atoms with van der Waals surface area (Å²) in [5.74, 6) is 16.7. The van der Waals surface area contributed by atoms with Crippen molar-refractivity contribution in [3.05, 3.63) is 0 Å². The highest BCUT2D eigenvalue weighted by Crippen LogP contribution is 2.11. The monoisotopic (exact) mass is 684 g/mol.